The summed E-state index contributed by atoms with van der Waals surface area (Å²) in [7, 11) is 1.54. The van der Waals surface area contributed by atoms with E-state index in [2.05, 4.69) is 5.10 Å². The number of methoxy groups -OCH3 is 1. The van der Waals surface area contributed by atoms with Crippen LogP contribution in [0.2, 0.25) is 5.02 Å². The summed E-state index contributed by atoms with van der Waals surface area (Å²) >= 11 is 14.1. The van der Waals surface area contributed by atoms with Gasteiger partial charge in [-0.1, -0.05) is 34.7 Å². The lowest BCUT2D eigenvalue weighted by Gasteiger charge is -2.07. The largest absolute Gasteiger partial charge is 0.496 e. The lowest BCUT2D eigenvalue weighted by atomic mass is 10.2. The minimum atomic E-state index is -0.424. The third kappa shape index (κ3) is 4.24. The molecule has 0 amide bonds. The maximum absolute atomic E-state index is 11.0. The molecule has 0 aliphatic heterocycles. The Kier molecular flexibility index (Phi) is 5.92. The van der Waals surface area contributed by atoms with E-state index in [1.54, 1.807) is 22.9 Å². The summed E-state index contributed by atoms with van der Waals surface area (Å²) < 4.78 is 8.33. The summed E-state index contributed by atoms with van der Waals surface area (Å²) in [5.41, 5.74) is 1.59. The molecule has 0 aliphatic rings. The average molecular weight is 426 g/mol. The zero-order valence-corrected chi connectivity index (χ0v) is 16.6. The van der Waals surface area contributed by atoms with E-state index in [1.807, 2.05) is 12.1 Å². The molecule has 0 aliphatic carbocycles. The number of hydrogen-bond donors (Lipinski definition) is 0. The van der Waals surface area contributed by atoms with Gasteiger partial charge in [0.05, 0.1) is 17.7 Å². The van der Waals surface area contributed by atoms with Crippen molar-refractivity contribution in [3.05, 3.63) is 67.1 Å². The highest BCUT2D eigenvalue weighted by atomic mass is 35.5. The van der Waals surface area contributed by atoms with Gasteiger partial charge in [-0.3, -0.25) is 10.1 Å². The molecule has 3 aromatic rings. The summed E-state index contributed by atoms with van der Waals surface area (Å²) in [6.07, 6.45) is 0. The molecule has 0 bridgehead atoms. The van der Waals surface area contributed by atoms with E-state index in [9.17, 15) is 10.1 Å². The highest BCUT2D eigenvalue weighted by Gasteiger charge is 2.13. The molecule has 0 atom stereocenters. The first-order valence-electron chi connectivity index (χ1n) is 7.28. The van der Waals surface area contributed by atoms with Crippen molar-refractivity contribution >= 4 is 52.6 Å². The average Bonchev–Trinajstić information content (AvgIpc) is 3.01. The molecule has 0 N–H and O–H groups in total. The number of ether oxygens (including phenoxy) is 1. The molecular formula is C16H12ClN3O3S3. The summed E-state index contributed by atoms with van der Waals surface area (Å²) in [5, 5.41) is 16.1. The van der Waals surface area contributed by atoms with Crippen molar-refractivity contribution in [1.82, 2.24) is 9.78 Å². The maximum atomic E-state index is 11.0. The second-order valence-electron chi connectivity index (χ2n) is 5.06. The van der Waals surface area contributed by atoms with Gasteiger partial charge in [0, 0.05) is 28.5 Å². The number of benzene rings is 2. The number of nitrogens with zero attached hydrogens (tertiary/aromatic N) is 3. The zero-order valence-electron chi connectivity index (χ0n) is 13.4. The van der Waals surface area contributed by atoms with E-state index in [4.69, 9.17) is 28.6 Å². The van der Waals surface area contributed by atoms with Gasteiger partial charge in [-0.2, -0.15) is 0 Å². The lowest BCUT2D eigenvalue weighted by molar-refractivity contribution is -0.384. The monoisotopic (exact) mass is 425 g/mol. The molecule has 6 nitrogen and oxygen atoms in total. The summed E-state index contributed by atoms with van der Waals surface area (Å²) in [6, 6.07) is 11.8. The van der Waals surface area contributed by atoms with Crippen LogP contribution >= 0.6 is 46.9 Å². The second-order valence-corrected chi connectivity index (χ2v) is 8.35. The van der Waals surface area contributed by atoms with Crippen LogP contribution in [0.4, 0.5) is 5.69 Å². The Bertz CT molecular complexity index is 1000. The van der Waals surface area contributed by atoms with Crippen molar-refractivity contribution in [2.45, 2.75) is 10.1 Å². The number of halogens is 1. The first-order valence-corrected chi connectivity index (χ1v) is 9.87. The Hall–Kier alpha value is -1.94. The fourth-order valence-corrected chi connectivity index (χ4v) is 4.66. The second kappa shape index (κ2) is 8.17. The number of thioether (sulfide) groups is 1. The molecule has 0 saturated carbocycles. The molecular weight excluding hydrogens is 414 g/mol. The van der Waals surface area contributed by atoms with Gasteiger partial charge in [0.2, 0.25) is 0 Å². The summed E-state index contributed by atoms with van der Waals surface area (Å²) in [4.78, 5) is 10.6. The molecule has 0 fully saturated rings. The first kappa shape index (κ1) is 18.8. The molecule has 26 heavy (non-hydrogen) atoms. The minimum absolute atomic E-state index is 0.0284. The van der Waals surface area contributed by atoms with Crippen LogP contribution < -0.4 is 4.74 Å². The first-order chi connectivity index (χ1) is 12.5. The highest BCUT2D eigenvalue weighted by Crippen LogP contribution is 2.32. The van der Waals surface area contributed by atoms with Crippen LogP contribution in [0.15, 0.2) is 46.8 Å². The fourth-order valence-electron chi connectivity index (χ4n) is 2.20. The molecule has 1 aromatic heterocycles. The number of rotatable bonds is 6. The minimum Gasteiger partial charge on any atom is -0.496 e. The Morgan fingerprint density at radius 2 is 2.08 bits per heavy atom. The van der Waals surface area contributed by atoms with Gasteiger partial charge in [-0.15, -0.1) is 5.10 Å². The van der Waals surface area contributed by atoms with E-state index in [0.29, 0.717) is 20.5 Å². The smallest absolute Gasteiger partial charge is 0.270 e. The van der Waals surface area contributed by atoms with Gasteiger partial charge in [0.25, 0.3) is 5.69 Å². The molecule has 10 heteroatoms. The lowest BCUT2D eigenvalue weighted by Crippen LogP contribution is -1.96. The molecule has 0 radical (unpaired) electrons. The SMILES string of the molecule is COc1ccc([N+](=O)[O-])cc1CSc1nn(-c2ccc(Cl)cc2)c(=S)s1. The van der Waals surface area contributed by atoms with Crippen molar-refractivity contribution in [2.24, 2.45) is 0 Å². The third-order valence-corrected chi connectivity index (χ3v) is 6.09. The predicted molar refractivity (Wildman–Crippen MR) is 106 cm³/mol. The van der Waals surface area contributed by atoms with Crippen molar-refractivity contribution in [3.8, 4) is 11.4 Å². The van der Waals surface area contributed by atoms with E-state index in [0.717, 1.165) is 15.6 Å². The standard InChI is InChI=1S/C16H12ClN3O3S3/c1-23-14-7-6-13(20(21)22)8-10(14)9-25-15-18-19(16(24)26-15)12-4-2-11(17)3-5-12/h2-8H,9H2,1H3. The van der Waals surface area contributed by atoms with Crippen LogP contribution in [0, 0.1) is 14.1 Å². The Morgan fingerprint density at radius 1 is 1.35 bits per heavy atom. The van der Waals surface area contributed by atoms with Crippen LogP contribution in [-0.2, 0) is 5.75 Å². The van der Waals surface area contributed by atoms with Gasteiger partial charge in [-0.05, 0) is 42.5 Å². The molecule has 0 unspecified atom stereocenters. The van der Waals surface area contributed by atoms with Gasteiger partial charge in [0.15, 0.2) is 8.29 Å². The van der Waals surface area contributed by atoms with Crippen molar-refractivity contribution in [2.75, 3.05) is 7.11 Å². The molecule has 3 rings (SSSR count). The Labute approximate surface area is 167 Å². The Balaban J connectivity index is 1.82. The van der Waals surface area contributed by atoms with Crippen LogP contribution in [-0.4, -0.2) is 21.8 Å². The molecule has 2 aromatic carbocycles. The third-order valence-electron chi connectivity index (χ3n) is 3.43. The summed E-state index contributed by atoms with van der Waals surface area (Å²) in [5.74, 6) is 1.08. The van der Waals surface area contributed by atoms with Gasteiger partial charge in [-0.25, -0.2) is 4.68 Å². The van der Waals surface area contributed by atoms with Crippen molar-refractivity contribution in [3.63, 3.8) is 0 Å². The van der Waals surface area contributed by atoms with Crippen LogP contribution in [0.25, 0.3) is 5.69 Å². The topological polar surface area (TPSA) is 70.2 Å². The fraction of sp³-hybridized carbons (Fsp3) is 0.125. The van der Waals surface area contributed by atoms with E-state index < -0.39 is 4.92 Å². The number of hydrogen-bond acceptors (Lipinski definition) is 7. The highest BCUT2D eigenvalue weighted by molar-refractivity contribution is 8.00. The van der Waals surface area contributed by atoms with Gasteiger partial charge < -0.3 is 4.74 Å². The van der Waals surface area contributed by atoms with Crippen molar-refractivity contribution in [1.29, 1.82) is 0 Å². The van der Waals surface area contributed by atoms with Gasteiger partial charge in [0.1, 0.15) is 5.75 Å². The zero-order chi connectivity index (χ0) is 18.7. The Morgan fingerprint density at radius 3 is 2.73 bits per heavy atom. The van der Waals surface area contributed by atoms with Crippen LogP contribution in [0.5, 0.6) is 5.75 Å². The molecule has 0 spiro atoms. The van der Waals surface area contributed by atoms with Gasteiger partial charge >= 0.3 is 0 Å². The number of aromatic nitrogens is 2. The van der Waals surface area contributed by atoms with Crippen LogP contribution in [0.1, 0.15) is 5.56 Å². The van der Waals surface area contributed by atoms with Crippen molar-refractivity contribution < 1.29 is 9.66 Å². The molecule has 1 heterocycles. The summed E-state index contributed by atoms with van der Waals surface area (Å²) in [6.45, 7) is 0. The number of nitro benzene ring substituents is 1. The predicted octanol–water partition coefficient (Wildman–Crippen LogP) is 5.53. The number of nitro groups is 1. The molecule has 0 saturated heterocycles. The van der Waals surface area contributed by atoms with Crippen LogP contribution in [0.3, 0.4) is 0 Å². The number of non-ortho nitro benzene ring substituents is 1. The van der Waals surface area contributed by atoms with E-state index in [-0.39, 0.29) is 5.69 Å². The van der Waals surface area contributed by atoms with E-state index >= 15 is 0 Å². The molecule has 134 valence electrons. The maximum Gasteiger partial charge on any atom is 0.270 e. The normalized spacial score (nSPS) is 10.7. The quantitative estimate of drug-likeness (QED) is 0.224. The van der Waals surface area contributed by atoms with E-state index in [1.165, 1.54) is 42.3 Å².